The standard InChI is InChI=1S/C7H6Br2FN3/c8-4-1-3(10)2-5(9)6(4)13-7(11)12/h1-2H,(H4,11,12,13). The summed E-state index contributed by atoms with van der Waals surface area (Å²) in [5.41, 5.74) is 10.9. The van der Waals surface area contributed by atoms with Crippen LogP contribution in [0.5, 0.6) is 0 Å². The van der Waals surface area contributed by atoms with E-state index in [1.54, 1.807) is 0 Å². The molecular formula is C7H6Br2FN3. The molecule has 0 saturated heterocycles. The Morgan fingerprint density at radius 2 is 1.69 bits per heavy atom. The summed E-state index contributed by atoms with van der Waals surface area (Å²) in [7, 11) is 0. The van der Waals surface area contributed by atoms with Gasteiger partial charge in [0.2, 0.25) is 0 Å². The molecule has 3 nitrogen and oxygen atoms in total. The highest BCUT2D eigenvalue weighted by Gasteiger charge is 2.06. The number of hydrogen-bond acceptors (Lipinski definition) is 1. The van der Waals surface area contributed by atoms with Gasteiger partial charge in [0.25, 0.3) is 0 Å². The summed E-state index contributed by atoms with van der Waals surface area (Å²) in [6.45, 7) is 0. The molecular weight excluding hydrogens is 305 g/mol. The highest BCUT2D eigenvalue weighted by Crippen LogP contribution is 2.34. The van der Waals surface area contributed by atoms with E-state index in [4.69, 9.17) is 11.5 Å². The number of hydrogen-bond donors (Lipinski definition) is 2. The summed E-state index contributed by atoms with van der Waals surface area (Å²) in [5.74, 6) is -0.443. The van der Waals surface area contributed by atoms with Crippen LogP contribution in [0.25, 0.3) is 0 Å². The summed E-state index contributed by atoms with van der Waals surface area (Å²) in [5, 5.41) is 0. The average Bonchev–Trinajstić information content (AvgIpc) is 1.96. The van der Waals surface area contributed by atoms with Crippen molar-refractivity contribution < 1.29 is 4.39 Å². The monoisotopic (exact) mass is 309 g/mol. The van der Waals surface area contributed by atoms with Crippen LogP contribution in [0.3, 0.4) is 0 Å². The molecule has 4 N–H and O–H groups in total. The first kappa shape index (κ1) is 10.5. The van der Waals surface area contributed by atoms with Gasteiger partial charge in [-0.1, -0.05) is 0 Å². The maximum absolute atomic E-state index is 12.8. The molecule has 6 heteroatoms. The minimum atomic E-state index is -0.367. The summed E-state index contributed by atoms with van der Waals surface area (Å²) in [6, 6.07) is 2.57. The van der Waals surface area contributed by atoms with Crippen LogP contribution in [0.15, 0.2) is 26.1 Å². The number of halogens is 3. The zero-order chi connectivity index (χ0) is 10.0. The van der Waals surface area contributed by atoms with E-state index in [1.807, 2.05) is 0 Å². The molecule has 0 radical (unpaired) electrons. The van der Waals surface area contributed by atoms with Crippen molar-refractivity contribution in [3.8, 4) is 0 Å². The summed E-state index contributed by atoms with van der Waals surface area (Å²) >= 11 is 6.28. The highest BCUT2D eigenvalue weighted by atomic mass is 79.9. The van der Waals surface area contributed by atoms with Crippen LogP contribution >= 0.6 is 31.9 Å². The highest BCUT2D eigenvalue weighted by molar-refractivity contribution is 9.11. The van der Waals surface area contributed by atoms with E-state index in [2.05, 4.69) is 36.9 Å². The summed E-state index contributed by atoms with van der Waals surface area (Å²) in [6.07, 6.45) is 0. The van der Waals surface area contributed by atoms with Gasteiger partial charge in [-0.15, -0.1) is 0 Å². The summed E-state index contributed by atoms with van der Waals surface area (Å²) < 4.78 is 13.8. The SMILES string of the molecule is NC(N)=Nc1c(Br)cc(F)cc1Br. The molecule has 0 unspecified atom stereocenters. The fourth-order valence-corrected chi connectivity index (χ4v) is 2.08. The number of benzene rings is 1. The van der Waals surface area contributed by atoms with E-state index in [9.17, 15) is 4.39 Å². The lowest BCUT2D eigenvalue weighted by atomic mass is 10.3. The number of rotatable bonds is 1. The van der Waals surface area contributed by atoms with Crippen molar-refractivity contribution in [2.75, 3.05) is 0 Å². The second-order valence-corrected chi connectivity index (χ2v) is 3.96. The van der Waals surface area contributed by atoms with Gasteiger partial charge in [-0.25, -0.2) is 9.38 Å². The average molecular weight is 311 g/mol. The predicted octanol–water partition coefficient (Wildman–Crippen LogP) is 2.26. The van der Waals surface area contributed by atoms with Crippen LogP contribution in [-0.4, -0.2) is 5.96 Å². The van der Waals surface area contributed by atoms with Crippen LogP contribution in [0, 0.1) is 5.82 Å². The van der Waals surface area contributed by atoms with Crippen LogP contribution in [0.1, 0.15) is 0 Å². The molecule has 0 bridgehead atoms. The van der Waals surface area contributed by atoms with Crippen molar-refractivity contribution in [1.82, 2.24) is 0 Å². The Morgan fingerprint density at radius 1 is 1.23 bits per heavy atom. The van der Waals surface area contributed by atoms with Crippen molar-refractivity contribution in [3.63, 3.8) is 0 Å². The fourth-order valence-electron chi connectivity index (χ4n) is 0.770. The van der Waals surface area contributed by atoms with E-state index < -0.39 is 0 Å². The quantitative estimate of drug-likeness (QED) is 0.617. The Kier molecular flexibility index (Phi) is 3.27. The van der Waals surface area contributed by atoms with Crippen LogP contribution in [0.2, 0.25) is 0 Å². The molecule has 1 aromatic carbocycles. The predicted molar refractivity (Wildman–Crippen MR) is 57.3 cm³/mol. The van der Waals surface area contributed by atoms with Crippen LogP contribution in [0.4, 0.5) is 10.1 Å². The molecule has 0 amide bonds. The minimum Gasteiger partial charge on any atom is -0.370 e. The van der Waals surface area contributed by atoms with Gasteiger partial charge in [0.1, 0.15) is 5.82 Å². The Balaban J connectivity index is 3.29. The molecule has 0 atom stereocenters. The molecule has 0 aliphatic rings. The van der Waals surface area contributed by atoms with E-state index in [1.165, 1.54) is 12.1 Å². The van der Waals surface area contributed by atoms with Gasteiger partial charge in [0, 0.05) is 8.95 Å². The van der Waals surface area contributed by atoms with Gasteiger partial charge in [0.05, 0.1) is 5.69 Å². The number of nitrogens with zero attached hydrogens (tertiary/aromatic N) is 1. The lowest BCUT2D eigenvalue weighted by molar-refractivity contribution is 0.626. The first-order valence-electron chi connectivity index (χ1n) is 3.25. The van der Waals surface area contributed by atoms with Gasteiger partial charge in [-0.3, -0.25) is 0 Å². The molecule has 13 heavy (non-hydrogen) atoms. The normalized spacial score (nSPS) is 9.77. The fraction of sp³-hybridized carbons (Fsp3) is 0. The Morgan fingerprint density at radius 3 is 2.08 bits per heavy atom. The second kappa shape index (κ2) is 4.06. The van der Waals surface area contributed by atoms with Gasteiger partial charge in [0.15, 0.2) is 5.96 Å². The zero-order valence-corrected chi connectivity index (χ0v) is 9.56. The van der Waals surface area contributed by atoms with Gasteiger partial charge < -0.3 is 11.5 Å². The zero-order valence-electron chi connectivity index (χ0n) is 6.39. The Labute approximate surface area is 91.3 Å². The third kappa shape index (κ3) is 2.67. The van der Waals surface area contributed by atoms with Crippen LogP contribution < -0.4 is 11.5 Å². The van der Waals surface area contributed by atoms with E-state index >= 15 is 0 Å². The first-order valence-corrected chi connectivity index (χ1v) is 4.83. The third-order valence-corrected chi connectivity index (χ3v) is 2.43. The maximum atomic E-state index is 12.8. The number of nitrogens with two attached hydrogens (primary N) is 2. The molecule has 0 aliphatic heterocycles. The molecule has 0 heterocycles. The third-order valence-electron chi connectivity index (χ3n) is 1.22. The van der Waals surface area contributed by atoms with E-state index in [0.29, 0.717) is 14.6 Å². The van der Waals surface area contributed by atoms with Crippen molar-refractivity contribution in [1.29, 1.82) is 0 Å². The van der Waals surface area contributed by atoms with Crippen molar-refractivity contribution >= 4 is 43.5 Å². The molecule has 0 aliphatic carbocycles. The molecule has 70 valence electrons. The van der Waals surface area contributed by atoms with Crippen molar-refractivity contribution in [2.45, 2.75) is 0 Å². The lowest BCUT2D eigenvalue weighted by Crippen LogP contribution is -2.22. The Hall–Kier alpha value is -0.620. The van der Waals surface area contributed by atoms with Crippen molar-refractivity contribution in [2.24, 2.45) is 16.5 Å². The minimum absolute atomic E-state index is 0.0759. The molecule has 0 aromatic heterocycles. The summed E-state index contributed by atoms with van der Waals surface area (Å²) in [4.78, 5) is 3.81. The molecule has 0 spiro atoms. The lowest BCUT2D eigenvalue weighted by Gasteiger charge is -2.02. The second-order valence-electron chi connectivity index (χ2n) is 2.25. The smallest absolute Gasteiger partial charge is 0.191 e. The molecule has 0 fully saturated rings. The Bertz CT molecular complexity index is 338. The van der Waals surface area contributed by atoms with Crippen molar-refractivity contribution in [3.05, 3.63) is 26.9 Å². The topological polar surface area (TPSA) is 64.4 Å². The number of aliphatic imine (C=N–C) groups is 1. The largest absolute Gasteiger partial charge is 0.370 e. The molecule has 1 rings (SSSR count). The van der Waals surface area contributed by atoms with Gasteiger partial charge in [-0.2, -0.15) is 0 Å². The van der Waals surface area contributed by atoms with Crippen LogP contribution in [-0.2, 0) is 0 Å². The maximum Gasteiger partial charge on any atom is 0.191 e. The molecule has 1 aromatic rings. The first-order chi connectivity index (χ1) is 6.00. The van der Waals surface area contributed by atoms with Gasteiger partial charge in [-0.05, 0) is 44.0 Å². The van der Waals surface area contributed by atoms with E-state index in [0.717, 1.165) is 0 Å². The van der Waals surface area contributed by atoms with E-state index in [-0.39, 0.29) is 11.8 Å². The van der Waals surface area contributed by atoms with Gasteiger partial charge >= 0.3 is 0 Å². The molecule has 0 saturated carbocycles. The number of guanidine groups is 1.